The monoisotopic (exact) mass is 278 g/mol. The van der Waals surface area contributed by atoms with Gasteiger partial charge in [-0.3, -0.25) is 4.98 Å². The second-order valence-corrected chi connectivity index (χ2v) is 4.87. The second-order valence-electron chi connectivity index (χ2n) is 4.87. The number of nitrogens with one attached hydrogen (secondary N) is 1. The van der Waals surface area contributed by atoms with E-state index in [-0.39, 0.29) is 0 Å². The van der Waals surface area contributed by atoms with Crippen LogP contribution >= 0.6 is 0 Å². The van der Waals surface area contributed by atoms with Gasteiger partial charge in [-0.25, -0.2) is 0 Å². The molecule has 3 aromatic rings. The fourth-order valence-corrected chi connectivity index (χ4v) is 2.26. The second kappa shape index (κ2) is 6.37. The SMILES string of the molecule is CCNCc1ccncc1Oc1ccc2ccccc2c1. The van der Waals surface area contributed by atoms with Gasteiger partial charge in [0, 0.05) is 18.3 Å². The predicted octanol–water partition coefficient (Wildman–Crippen LogP) is 4.14. The zero-order valence-corrected chi connectivity index (χ0v) is 12.0. The lowest BCUT2D eigenvalue weighted by Crippen LogP contribution is -2.12. The summed E-state index contributed by atoms with van der Waals surface area (Å²) in [6.07, 6.45) is 3.56. The molecule has 0 fully saturated rings. The highest BCUT2D eigenvalue weighted by atomic mass is 16.5. The zero-order chi connectivity index (χ0) is 14.5. The van der Waals surface area contributed by atoms with Gasteiger partial charge in [0.05, 0.1) is 6.20 Å². The summed E-state index contributed by atoms with van der Waals surface area (Å²) in [5.41, 5.74) is 1.11. The third-order valence-electron chi connectivity index (χ3n) is 3.38. The number of nitrogens with zero attached hydrogens (tertiary/aromatic N) is 1. The van der Waals surface area contributed by atoms with Crippen LogP contribution in [0.5, 0.6) is 11.5 Å². The van der Waals surface area contributed by atoms with Crippen LogP contribution in [0.1, 0.15) is 12.5 Å². The minimum atomic E-state index is 0.780. The van der Waals surface area contributed by atoms with Gasteiger partial charge in [-0.1, -0.05) is 37.3 Å². The molecule has 2 aromatic carbocycles. The summed E-state index contributed by atoms with van der Waals surface area (Å²) >= 11 is 0. The van der Waals surface area contributed by atoms with Gasteiger partial charge in [-0.2, -0.15) is 0 Å². The first-order valence-corrected chi connectivity index (χ1v) is 7.17. The molecular formula is C18H18N2O. The average Bonchev–Trinajstić information content (AvgIpc) is 2.54. The molecule has 0 spiro atoms. The van der Waals surface area contributed by atoms with Crippen molar-refractivity contribution in [3.8, 4) is 11.5 Å². The van der Waals surface area contributed by atoms with Crippen LogP contribution in [0.2, 0.25) is 0 Å². The van der Waals surface area contributed by atoms with Gasteiger partial charge < -0.3 is 10.1 Å². The molecule has 0 aliphatic heterocycles. The Labute approximate surface area is 124 Å². The lowest BCUT2D eigenvalue weighted by Gasteiger charge is -2.11. The molecule has 3 rings (SSSR count). The molecular weight excluding hydrogens is 260 g/mol. The molecule has 0 aliphatic carbocycles. The predicted molar refractivity (Wildman–Crippen MR) is 85.6 cm³/mol. The Morgan fingerprint density at radius 3 is 2.76 bits per heavy atom. The molecule has 0 saturated heterocycles. The normalized spacial score (nSPS) is 10.7. The molecule has 106 valence electrons. The number of hydrogen-bond acceptors (Lipinski definition) is 3. The number of hydrogen-bond donors (Lipinski definition) is 1. The van der Waals surface area contributed by atoms with E-state index >= 15 is 0 Å². The van der Waals surface area contributed by atoms with Crippen molar-refractivity contribution < 1.29 is 4.74 Å². The smallest absolute Gasteiger partial charge is 0.150 e. The van der Waals surface area contributed by atoms with Crippen molar-refractivity contribution in [3.05, 3.63) is 66.5 Å². The molecule has 1 aromatic heterocycles. The topological polar surface area (TPSA) is 34.2 Å². The minimum Gasteiger partial charge on any atom is -0.455 e. The first-order valence-electron chi connectivity index (χ1n) is 7.17. The molecule has 3 heteroatoms. The molecule has 0 atom stereocenters. The van der Waals surface area contributed by atoms with Gasteiger partial charge in [-0.15, -0.1) is 0 Å². The van der Waals surface area contributed by atoms with Gasteiger partial charge in [-0.05, 0) is 35.5 Å². The van der Waals surface area contributed by atoms with E-state index in [0.717, 1.165) is 30.2 Å². The van der Waals surface area contributed by atoms with Crippen molar-refractivity contribution in [2.75, 3.05) is 6.54 Å². The summed E-state index contributed by atoms with van der Waals surface area (Å²) in [4.78, 5) is 4.16. The van der Waals surface area contributed by atoms with Crippen LogP contribution < -0.4 is 10.1 Å². The Morgan fingerprint density at radius 1 is 1.05 bits per heavy atom. The Bertz CT molecular complexity index is 740. The molecule has 0 bridgehead atoms. The fourth-order valence-electron chi connectivity index (χ4n) is 2.26. The van der Waals surface area contributed by atoms with E-state index in [0.29, 0.717) is 0 Å². The quantitative estimate of drug-likeness (QED) is 0.761. The summed E-state index contributed by atoms with van der Waals surface area (Å²) in [7, 11) is 0. The van der Waals surface area contributed by atoms with Crippen LogP contribution in [0.3, 0.4) is 0 Å². The van der Waals surface area contributed by atoms with E-state index < -0.39 is 0 Å². The highest BCUT2D eigenvalue weighted by molar-refractivity contribution is 5.83. The van der Waals surface area contributed by atoms with Gasteiger partial charge in [0.2, 0.25) is 0 Å². The van der Waals surface area contributed by atoms with Crippen molar-refractivity contribution in [2.45, 2.75) is 13.5 Å². The zero-order valence-electron chi connectivity index (χ0n) is 12.0. The van der Waals surface area contributed by atoms with Gasteiger partial charge in [0.15, 0.2) is 0 Å². The summed E-state index contributed by atoms with van der Waals surface area (Å²) in [6, 6.07) is 16.4. The van der Waals surface area contributed by atoms with E-state index in [1.54, 1.807) is 12.4 Å². The molecule has 21 heavy (non-hydrogen) atoms. The van der Waals surface area contributed by atoms with Crippen molar-refractivity contribution in [3.63, 3.8) is 0 Å². The number of rotatable bonds is 5. The molecule has 1 N–H and O–H groups in total. The third kappa shape index (κ3) is 3.20. The third-order valence-corrected chi connectivity index (χ3v) is 3.38. The van der Waals surface area contributed by atoms with Crippen LogP contribution in [0.15, 0.2) is 60.9 Å². The Hall–Kier alpha value is -2.39. The van der Waals surface area contributed by atoms with E-state index in [1.165, 1.54) is 10.8 Å². The molecule has 0 unspecified atom stereocenters. The van der Waals surface area contributed by atoms with E-state index in [4.69, 9.17) is 4.74 Å². The van der Waals surface area contributed by atoms with E-state index in [2.05, 4.69) is 41.5 Å². The first-order chi connectivity index (χ1) is 10.4. The lowest BCUT2D eigenvalue weighted by atomic mass is 10.1. The van der Waals surface area contributed by atoms with Crippen molar-refractivity contribution in [2.24, 2.45) is 0 Å². The van der Waals surface area contributed by atoms with Crippen LogP contribution in [-0.2, 0) is 6.54 Å². The summed E-state index contributed by atoms with van der Waals surface area (Å²) in [5.74, 6) is 1.63. The maximum Gasteiger partial charge on any atom is 0.150 e. The molecule has 0 radical (unpaired) electrons. The van der Waals surface area contributed by atoms with Crippen molar-refractivity contribution in [1.82, 2.24) is 10.3 Å². The Balaban J connectivity index is 1.87. The van der Waals surface area contributed by atoms with Crippen LogP contribution in [0, 0.1) is 0 Å². The van der Waals surface area contributed by atoms with Crippen LogP contribution in [-0.4, -0.2) is 11.5 Å². The maximum atomic E-state index is 6.01. The van der Waals surface area contributed by atoms with Crippen molar-refractivity contribution >= 4 is 10.8 Å². The molecule has 0 amide bonds. The van der Waals surface area contributed by atoms with Crippen LogP contribution in [0.25, 0.3) is 10.8 Å². The van der Waals surface area contributed by atoms with Gasteiger partial charge in [0.25, 0.3) is 0 Å². The molecule has 0 aliphatic rings. The first kappa shape index (κ1) is 13.6. The molecule has 1 heterocycles. The Kier molecular flexibility index (Phi) is 4.12. The van der Waals surface area contributed by atoms with Gasteiger partial charge in [0.1, 0.15) is 11.5 Å². The number of benzene rings is 2. The lowest BCUT2D eigenvalue weighted by molar-refractivity contribution is 0.471. The fraction of sp³-hybridized carbons (Fsp3) is 0.167. The summed E-state index contributed by atoms with van der Waals surface area (Å²) in [6.45, 7) is 3.80. The minimum absolute atomic E-state index is 0.780. The molecule has 3 nitrogen and oxygen atoms in total. The van der Waals surface area contributed by atoms with Gasteiger partial charge >= 0.3 is 0 Å². The number of fused-ring (bicyclic) bond motifs is 1. The standard InChI is InChI=1S/C18H18N2O/c1-2-19-12-16-9-10-20-13-18(16)21-17-8-7-14-5-3-4-6-15(14)11-17/h3-11,13,19H,2,12H2,1H3. The highest BCUT2D eigenvalue weighted by Gasteiger charge is 2.05. The highest BCUT2D eigenvalue weighted by Crippen LogP contribution is 2.27. The van der Waals surface area contributed by atoms with Crippen molar-refractivity contribution in [1.29, 1.82) is 0 Å². The van der Waals surface area contributed by atoms with E-state index in [9.17, 15) is 0 Å². The number of pyridine rings is 1. The summed E-state index contributed by atoms with van der Waals surface area (Å²) < 4.78 is 6.01. The molecule has 0 saturated carbocycles. The summed E-state index contributed by atoms with van der Waals surface area (Å²) in [5, 5.41) is 5.70. The Morgan fingerprint density at radius 2 is 1.90 bits per heavy atom. The maximum absolute atomic E-state index is 6.01. The van der Waals surface area contributed by atoms with Crippen LogP contribution in [0.4, 0.5) is 0 Å². The average molecular weight is 278 g/mol. The number of aromatic nitrogens is 1. The van der Waals surface area contributed by atoms with E-state index in [1.807, 2.05) is 24.3 Å². The number of ether oxygens (including phenoxy) is 1. The largest absolute Gasteiger partial charge is 0.455 e.